The summed E-state index contributed by atoms with van der Waals surface area (Å²) in [5, 5.41) is 2.40. The lowest BCUT2D eigenvalue weighted by atomic mass is 10.3. The Morgan fingerprint density at radius 3 is 2.44 bits per heavy atom. The van der Waals surface area contributed by atoms with E-state index in [-0.39, 0.29) is 17.2 Å². The normalized spacial score (nSPS) is 13.1. The maximum atomic E-state index is 12.7. The smallest absolute Gasteiger partial charge is 0.236 e. The first-order valence-corrected chi connectivity index (χ1v) is 7.00. The van der Waals surface area contributed by atoms with Gasteiger partial charge in [0.15, 0.2) is 9.84 Å². The van der Waals surface area contributed by atoms with Crippen LogP contribution < -0.4 is 11.1 Å². The van der Waals surface area contributed by atoms with Gasteiger partial charge in [-0.05, 0) is 31.2 Å². The first kappa shape index (κ1) is 14.6. The van der Waals surface area contributed by atoms with Gasteiger partial charge in [0.25, 0.3) is 0 Å². The fourth-order valence-electron chi connectivity index (χ4n) is 1.23. The van der Waals surface area contributed by atoms with E-state index in [0.717, 1.165) is 12.1 Å². The van der Waals surface area contributed by atoms with Crippen LogP contribution in [-0.2, 0) is 14.6 Å². The summed E-state index contributed by atoms with van der Waals surface area (Å²) in [6.45, 7) is 1.48. The van der Waals surface area contributed by atoms with Crippen molar-refractivity contribution in [1.29, 1.82) is 0 Å². The Bertz CT molecular complexity index is 512. The number of nitrogens with one attached hydrogen (secondary N) is 1. The summed E-state index contributed by atoms with van der Waals surface area (Å²) in [6, 6.07) is 3.86. The molecule has 0 spiro atoms. The molecule has 100 valence electrons. The summed E-state index contributed by atoms with van der Waals surface area (Å²) in [6.07, 6.45) is 0. The number of amides is 1. The number of carbonyl (C=O) groups excluding carboxylic acids is 1. The molecule has 0 unspecified atom stereocenters. The quantitative estimate of drug-likeness (QED) is 0.743. The van der Waals surface area contributed by atoms with Gasteiger partial charge in [0.05, 0.1) is 16.7 Å². The second-order valence-electron chi connectivity index (χ2n) is 3.85. The first-order valence-electron chi connectivity index (χ1n) is 5.34. The van der Waals surface area contributed by atoms with Crippen molar-refractivity contribution in [2.45, 2.75) is 17.9 Å². The van der Waals surface area contributed by atoms with Crippen LogP contribution in [-0.4, -0.2) is 32.7 Å². The Kier molecular flexibility index (Phi) is 4.80. The molecule has 7 heteroatoms. The number of carbonyl (C=O) groups is 1. The number of benzene rings is 1. The monoisotopic (exact) mass is 274 g/mol. The first-order chi connectivity index (χ1) is 8.33. The van der Waals surface area contributed by atoms with Crippen molar-refractivity contribution in [2.24, 2.45) is 5.73 Å². The van der Waals surface area contributed by atoms with Crippen molar-refractivity contribution in [3.8, 4) is 0 Å². The molecule has 0 saturated heterocycles. The number of rotatable bonds is 5. The Labute approximate surface area is 105 Å². The highest BCUT2D eigenvalue weighted by Crippen LogP contribution is 2.11. The molecular formula is C11H15FN2O3S. The number of hydrogen-bond acceptors (Lipinski definition) is 4. The fraction of sp³-hybridized carbons (Fsp3) is 0.364. The van der Waals surface area contributed by atoms with E-state index in [1.54, 1.807) is 0 Å². The maximum absolute atomic E-state index is 12.7. The van der Waals surface area contributed by atoms with Gasteiger partial charge in [-0.15, -0.1) is 0 Å². The Morgan fingerprint density at radius 1 is 1.39 bits per heavy atom. The minimum atomic E-state index is -3.52. The lowest BCUT2D eigenvalue weighted by molar-refractivity contribution is -0.121. The van der Waals surface area contributed by atoms with Crippen LogP contribution in [0.3, 0.4) is 0 Å². The molecule has 0 aromatic heterocycles. The third-order valence-electron chi connectivity index (χ3n) is 2.26. The van der Waals surface area contributed by atoms with Gasteiger partial charge < -0.3 is 11.1 Å². The Morgan fingerprint density at radius 2 is 1.94 bits per heavy atom. The number of sulfone groups is 1. The minimum absolute atomic E-state index is 0.0268. The van der Waals surface area contributed by atoms with Gasteiger partial charge in [-0.3, -0.25) is 4.79 Å². The molecule has 18 heavy (non-hydrogen) atoms. The lowest BCUT2D eigenvalue weighted by Gasteiger charge is -2.08. The molecule has 1 amide bonds. The van der Waals surface area contributed by atoms with Crippen LogP contribution in [0.5, 0.6) is 0 Å². The lowest BCUT2D eigenvalue weighted by Crippen LogP contribution is -2.40. The molecule has 1 atom stereocenters. The molecule has 0 aliphatic rings. The molecule has 0 saturated carbocycles. The van der Waals surface area contributed by atoms with E-state index in [9.17, 15) is 17.6 Å². The van der Waals surface area contributed by atoms with E-state index in [2.05, 4.69) is 5.32 Å². The third kappa shape index (κ3) is 4.08. The average molecular weight is 274 g/mol. The molecule has 0 heterocycles. The minimum Gasteiger partial charge on any atom is -0.354 e. The van der Waals surface area contributed by atoms with Crippen LogP contribution in [0.1, 0.15) is 6.92 Å². The Hall–Kier alpha value is -1.47. The highest BCUT2D eigenvalue weighted by atomic mass is 32.2. The predicted octanol–water partition coefficient (Wildman–Crippen LogP) is 0.0628. The van der Waals surface area contributed by atoms with Gasteiger partial charge in [-0.2, -0.15) is 0 Å². The van der Waals surface area contributed by atoms with Crippen molar-refractivity contribution >= 4 is 15.7 Å². The highest BCUT2D eigenvalue weighted by Gasteiger charge is 2.15. The zero-order chi connectivity index (χ0) is 13.8. The zero-order valence-electron chi connectivity index (χ0n) is 9.89. The second-order valence-corrected chi connectivity index (χ2v) is 5.96. The SMILES string of the molecule is C[C@@H](N)C(=O)NCCS(=O)(=O)c1ccc(F)cc1. The standard InChI is InChI=1S/C11H15FN2O3S/c1-8(13)11(15)14-6-7-18(16,17)10-4-2-9(12)3-5-10/h2-5,8H,6-7,13H2,1H3,(H,14,15)/t8-/m1/s1. The van der Waals surface area contributed by atoms with E-state index in [1.165, 1.54) is 19.1 Å². The predicted molar refractivity (Wildman–Crippen MR) is 65.1 cm³/mol. The summed E-state index contributed by atoms with van der Waals surface area (Å²) >= 11 is 0. The van der Waals surface area contributed by atoms with Crippen molar-refractivity contribution < 1.29 is 17.6 Å². The molecule has 5 nitrogen and oxygen atoms in total. The van der Waals surface area contributed by atoms with Crippen LogP contribution in [0.25, 0.3) is 0 Å². The summed E-state index contributed by atoms with van der Waals surface area (Å²) in [7, 11) is -3.52. The maximum Gasteiger partial charge on any atom is 0.236 e. The van der Waals surface area contributed by atoms with Gasteiger partial charge in [0.2, 0.25) is 5.91 Å². The Balaban J connectivity index is 2.61. The summed E-state index contributed by atoms with van der Waals surface area (Å²) < 4.78 is 36.2. The largest absolute Gasteiger partial charge is 0.354 e. The molecule has 1 aromatic rings. The molecule has 0 aliphatic heterocycles. The van der Waals surface area contributed by atoms with Crippen molar-refractivity contribution in [2.75, 3.05) is 12.3 Å². The van der Waals surface area contributed by atoms with Crippen molar-refractivity contribution in [3.05, 3.63) is 30.1 Å². The fourth-order valence-corrected chi connectivity index (χ4v) is 2.39. The van der Waals surface area contributed by atoms with E-state index < -0.39 is 27.6 Å². The van der Waals surface area contributed by atoms with Crippen molar-refractivity contribution in [1.82, 2.24) is 5.32 Å². The summed E-state index contributed by atoms with van der Waals surface area (Å²) in [5.41, 5.74) is 5.31. The molecule has 1 aromatic carbocycles. The van der Waals surface area contributed by atoms with Crippen LogP contribution in [0.2, 0.25) is 0 Å². The van der Waals surface area contributed by atoms with Crippen LogP contribution in [0, 0.1) is 5.82 Å². The highest BCUT2D eigenvalue weighted by molar-refractivity contribution is 7.91. The van der Waals surface area contributed by atoms with Gasteiger partial charge in [0, 0.05) is 6.54 Å². The second kappa shape index (κ2) is 5.92. The zero-order valence-corrected chi connectivity index (χ0v) is 10.7. The van der Waals surface area contributed by atoms with E-state index in [1.807, 2.05) is 0 Å². The topological polar surface area (TPSA) is 89.3 Å². The van der Waals surface area contributed by atoms with Crippen LogP contribution >= 0.6 is 0 Å². The molecule has 0 radical (unpaired) electrons. The van der Waals surface area contributed by atoms with E-state index in [0.29, 0.717) is 0 Å². The molecule has 1 rings (SSSR count). The average Bonchev–Trinajstić information content (AvgIpc) is 2.29. The number of halogens is 1. The number of hydrogen-bond donors (Lipinski definition) is 2. The van der Waals surface area contributed by atoms with Gasteiger partial charge in [0.1, 0.15) is 5.82 Å². The summed E-state index contributed by atoms with van der Waals surface area (Å²) in [4.78, 5) is 11.2. The van der Waals surface area contributed by atoms with Gasteiger partial charge in [-0.1, -0.05) is 0 Å². The van der Waals surface area contributed by atoms with E-state index >= 15 is 0 Å². The third-order valence-corrected chi connectivity index (χ3v) is 3.99. The number of nitrogens with two attached hydrogens (primary N) is 1. The molecule has 0 fully saturated rings. The van der Waals surface area contributed by atoms with Gasteiger partial charge in [-0.25, -0.2) is 12.8 Å². The van der Waals surface area contributed by atoms with E-state index in [4.69, 9.17) is 5.73 Å². The molecule has 0 bridgehead atoms. The van der Waals surface area contributed by atoms with Crippen LogP contribution in [0.15, 0.2) is 29.2 Å². The molecular weight excluding hydrogens is 259 g/mol. The van der Waals surface area contributed by atoms with Gasteiger partial charge >= 0.3 is 0 Å². The summed E-state index contributed by atoms with van der Waals surface area (Å²) in [5.74, 6) is -1.17. The molecule has 3 N–H and O–H groups in total. The molecule has 0 aliphatic carbocycles. The van der Waals surface area contributed by atoms with Crippen molar-refractivity contribution in [3.63, 3.8) is 0 Å². The van der Waals surface area contributed by atoms with Crippen LogP contribution in [0.4, 0.5) is 4.39 Å².